The molecule has 0 saturated carbocycles. The zero-order valence-electron chi connectivity index (χ0n) is 12.7. The third-order valence-corrected chi connectivity index (χ3v) is 3.79. The average molecular weight is 275 g/mol. The Morgan fingerprint density at radius 1 is 1.25 bits per heavy atom. The quantitative estimate of drug-likeness (QED) is 0.844. The van der Waals surface area contributed by atoms with Crippen molar-refractivity contribution in [3.05, 3.63) is 30.1 Å². The summed E-state index contributed by atoms with van der Waals surface area (Å²) in [6.45, 7) is 9.37. The van der Waals surface area contributed by atoms with Crippen molar-refractivity contribution in [3.63, 3.8) is 0 Å². The lowest BCUT2D eigenvalue weighted by molar-refractivity contribution is 0.162. The van der Waals surface area contributed by atoms with Gasteiger partial charge in [0.1, 0.15) is 5.82 Å². The molecule has 2 rings (SSSR count). The number of hydrogen-bond acceptors (Lipinski definition) is 3. The van der Waals surface area contributed by atoms with Gasteiger partial charge in [0.05, 0.1) is 17.6 Å². The van der Waals surface area contributed by atoms with Gasteiger partial charge in [-0.3, -0.25) is 4.90 Å². The first-order valence-corrected chi connectivity index (χ1v) is 7.40. The maximum Gasteiger partial charge on any atom is 0.106 e. The molecule has 0 aliphatic carbocycles. The minimum absolute atomic E-state index is 0.227. The molecule has 0 fully saturated rings. The maximum atomic E-state index is 9.10. The Hall–Kier alpha value is -1.39. The van der Waals surface area contributed by atoms with E-state index in [0.717, 1.165) is 37.4 Å². The molecule has 1 N–H and O–H groups in total. The Bertz CT molecular complexity index is 548. The third-order valence-electron chi connectivity index (χ3n) is 3.79. The fourth-order valence-corrected chi connectivity index (χ4v) is 2.67. The van der Waals surface area contributed by atoms with Crippen LogP contribution in [-0.2, 0) is 6.54 Å². The summed E-state index contributed by atoms with van der Waals surface area (Å²) in [6.07, 6.45) is 1.07. The van der Waals surface area contributed by atoms with E-state index in [1.807, 2.05) is 6.07 Å². The number of aliphatic hydroxyl groups excluding tert-OH is 1. The Morgan fingerprint density at radius 2 is 2.00 bits per heavy atom. The Balaban J connectivity index is 2.00. The molecule has 0 aliphatic heterocycles. The van der Waals surface area contributed by atoms with Crippen LogP contribution in [0.2, 0.25) is 0 Å². The molecule has 1 aromatic heterocycles. The second-order valence-corrected chi connectivity index (χ2v) is 5.51. The molecule has 0 spiro atoms. The number of benzene rings is 1. The van der Waals surface area contributed by atoms with Crippen molar-refractivity contribution in [2.24, 2.45) is 0 Å². The van der Waals surface area contributed by atoms with Crippen molar-refractivity contribution in [3.8, 4) is 0 Å². The number of imidazole rings is 1. The van der Waals surface area contributed by atoms with E-state index >= 15 is 0 Å². The number of aryl methyl sites for hydroxylation is 2. The molecule has 110 valence electrons. The van der Waals surface area contributed by atoms with Gasteiger partial charge in [-0.15, -0.1) is 0 Å². The summed E-state index contributed by atoms with van der Waals surface area (Å²) in [4.78, 5) is 6.91. The van der Waals surface area contributed by atoms with Gasteiger partial charge >= 0.3 is 0 Å². The number of rotatable bonds is 7. The summed E-state index contributed by atoms with van der Waals surface area (Å²) in [5, 5.41) is 9.10. The summed E-state index contributed by atoms with van der Waals surface area (Å²) in [5.41, 5.74) is 2.28. The molecule has 2 aromatic rings. The molecular formula is C16H25N3O. The summed E-state index contributed by atoms with van der Waals surface area (Å²) >= 11 is 0. The van der Waals surface area contributed by atoms with E-state index in [-0.39, 0.29) is 6.61 Å². The van der Waals surface area contributed by atoms with E-state index in [1.54, 1.807) is 0 Å². The first kappa shape index (κ1) is 15.0. The summed E-state index contributed by atoms with van der Waals surface area (Å²) in [7, 11) is 0. The molecule has 0 amide bonds. The van der Waals surface area contributed by atoms with Crippen LogP contribution in [0, 0.1) is 6.92 Å². The monoisotopic (exact) mass is 275 g/mol. The van der Waals surface area contributed by atoms with Crippen molar-refractivity contribution in [2.75, 3.05) is 19.7 Å². The highest BCUT2D eigenvalue weighted by Gasteiger charge is 2.10. The fraction of sp³-hybridized carbons (Fsp3) is 0.562. The topological polar surface area (TPSA) is 41.3 Å². The van der Waals surface area contributed by atoms with Crippen LogP contribution in [0.4, 0.5) is 0 Å². The number of nitrogens with zero attached hydrogens (tertiary/aromatic N) is 3. The largest absolute Gasteiger partial charge is 0.395 e. The van der Waals surface area contributed by atoms with Gasteiger partial charge in [0.25, 0.3) is 0 Å². The van der Waals surface area contributed by atoms with E-state index in [1.165, 1.54) is 5.52 Å². The highest BCUT2D eigenvalue weighted by atomic mass is 16.3. The molecule has 4 heteroatoms. The lowest BCUT2D eigenvalue weighted by Crippen LogP contribution is -2.34. The van der Waals surface area contributed by atoms with Crippen LogP contribution in [0.15, 0.2) is 24.3 Å². The summed E-state index contributed by atoms with van der Waals surface area (Å²) in [6, 6.07) is 8.75. The normalized spacial score (nSPS) is 11.9. The molecule has 1 aromatic carbocycles. The molecule has 4 nitrogen and oxygen atoms in total. The molecule has 0 radical (unpaired) electrons. The van der Waals surface area contributed by atoms with Gasteiger partial charge in [0.15, 0.2) is 0 Å². The predicted molar refractivity (Wildman–Crippen MR) is 82.9 cm³/mol. The number of hydrogen-bond donors (Lipinski definition) is 1. The van der Waals surface area contributed by atoms with Crippen molar-refractivity contribution >= 4 is 11.0 Å². The van der Waals surface area contributed by atoms with Crippen LogP contribution in [0.3, 0.4) is 0 Å². The second-order valence-electron chi connectivity index (χ2n) is 5.51. The van der Waals surface area contributed by atoms with E-state index in [0.29, 0.717) is 6.04 Å². The summed E-state index contributed by atoms with van der Waals surface area (Å²) in [5.74, 6) is 1.07. The Labute approximate surface area is 121 Å². The molecule has 0 unspecified atom stereocenters. The standard InChI is InChI=1S/C16H25N3O/c1-13(2)18(11-12-20)9-6-10-19-14(3)17-15-7-4-5-8-16(15)19/h4-5,7-8,13,20H,6,9-12H2,1-3H3. The van der Waals surface area contributed by atoms with E-state index < -0.39 is 0 Å². The predicted octanol–water partition coefficient (Wildman–Crippen LogP) is 2.44. The van der Waals surface area contributed by atoms with Gasteiger partial charge in [-0.05, 0) is 39.3 Å². The average Bonchev–Trinajstić information content (AvgIpc) is 2.74. The van der Waals surface area contributed by atoms with Crippen LogP contribution in [0.25, 0.3) is 11.0 Å². The molecule has 0 aliphatic rings. The maximum absolute atomic E-state index is 9.10. The molecule has 0 atom stereocenters. The lowest BCUT2D eigenvalue weighted by atomic mass is 10.2. The molecule has 20 heavy (non-hydrogen) atoms. The van der Waals surface area contributed by atoms with Gasteiger partial charge in [-0.2, -0.15) is 0 Å². The molecule has 0 bridgehead atoms. The van der Waals surface area contributed by atoms with Crippen LogP contribution >= 0.6 is 0 Å². The molecule has 1 heterocycles. The molecule has 0 saturated heterocycles. The van der Waals surface area contributed by atoms with Crippen LogP contribution in [0.1, 0.15) is 26.1 Å². The number of aliphatic hydroxyl groups is 1. The minimum Gasteiger partial charge on any atom is -0.395 e. The highest BCUT2D eigenvalue weighted by molar-refractivity contribution is 5.75. The molecular weight excluding hydrogens is 250 g/mol. The zero-order valence-corrected chi connectivity index (χ0v) is 12.7. The van der Waals surface area contributed by atoms with Crippen molar-refractivity contribution in [1.29, 1.82) is 0 Å². The van der Waals surface area contributed by atoms with Gasteiger partial charge in [0.2, 0.25) is 0 Å². The van der Waals surface area contributed by atoms with E-state index in [9.17, 15) is 0 Å². The first-order valence-electron chi connectivity index (χ1n) is 7.40. The Morgan fingerprint density at radius 3 is 2.70 bits per heavy atom. The smallest absolute Gasteiger partial charge is 0.106 e. The highest BCUT2D eigenvalue weighted by Crippen LogP contribution is 2.16. The van der Waals surface area contributed by atoms with Crippen molar-refractivity contribution in [2.45, 2.75) is 39.8 Å². The number of fused-ring (bicyclic) bond motifs is 1. The number of aromatic nitrogens is 2. The third kappa shape index (κ3) is 3.38. The second kappa shape index (κ2) is 6.86. The fourth-order valence-electron chi connectivity index (χ4n) is 2.67. The van der Waals surface area contributed by atoms with Crippen LogP contribution in [-0.4, -0.2) is 45.3 Å². The van der Waals surface area contributed by atoms with Gasteiger partial charge < -0.3 is 9.67 Å². The SMILES string of the molecule is Cc1nc2ccccc2n1CCCN(CCO)C(C)C. The van der Waals surface area contributed by atoms with Crippen LogP contribution < -0.4 is 0 Å². The summed E-state index contributed by atoms with van der Waals surface area (Å²) < 4.78 is 2.28. The van der Waals surface area contributed by atoms with Crippen molar-refractivity contribution in [1.82, 2.24) is 14.5 Å². The lowest BCUT2D eigenvalue weighted by Gasteiger charge is -2.25. The van der Waals surface area contributed by atoms with Gasteiger partial charge in [0, 0.05) is 25.7 Å². The number of para-hydroxylation sites is 2. The van der Waals surface area contributed by atoms with Gasteiger partial charge in [-0.25, -0.2) is 4.98 Å². The minimum atomic E-state index is 0.227. The first-order chi connectivity index (χ1) is 9.63. The van der Waals surface area contributed by atoms with E-state index in [2.05, 4.69) is 53.4 Å². The van der Waals surface area contributed by atoms with E-state index in [4.69, 9.17) is 5.11 Å². The van der Waals surface area contributed by atoms with Gasteiger partial charge in [-0.1, -0.05) is 12.1 Å². The van der Waals surface area contributed by atoms with Crippen LogP contribution in [0.5, 0.6) is 0 Å². The zero-order chi connectivity index (χ0) is 14.5. The van der Waals surface area contributed by atoms with Crippen molar-refractivity contribution < 1.29 is 5.11 Å². The Kier molecular flexibility index (Phi) is 5.15.